The molecule has 340 valence electrons. The summed E-state index contributed by atoms with van der Waals surface area (Å²) in [7, 11) is 0. The first-order chi connectivity index (χ1) is 34.3. The number of hydrogen-bond donors (Lipinski definition) is 0. The monoisotopic (exact) mass is 1080 g/mol. The van der Waals surface area contributed by atoms with Crippen LogP contribution >= 0.6 is 0 Å². The van der Waals surface area contributed by atoms with Crippen LogP contribution in [-0.2, 0) is 24.8 Å². The molecular formula is C64H48N4OPt. The van der Waals surface area contributed by atoms with Crippen LogP contribution in [0.2, 0.25) is 0 Å². The summed E-state index contributed by atoms with van der Waals surface area (Å²) >= 11 is 2.51. The van der Waals surface area contributed by atoms with Gasteiger partial charge in [-0.2, -0.15) is 0 Å². The Hall–Kier alpha value is -8.11. The molecule has 0 atom stereocenters. The third-order valence-electron chi connectivity index (χ3n) is 13.4. The van der Waals surface area contributed by atoms with Gasteiger partial charge in [0.25, 0.3) is 0 Å². The van der Waals surface area contributed by atoms with Gasteiger partial charge in [0.1, 0.15) is 0 Å². The number of imidazole rings is 1. The van der Waals surface area contributed by atoms with Crippen molar-refractivity contribution in [3.63, 3.8) is 0 Å². The predicted molar refractivity (Wildman–Crippen MR) is 287 cm³/mol. The number of hydrogen-bond acceptors (Lipinski definition) is 2. The Kier molecular flexibility index (Phi) is 11.0. The van der Waals surface area contributed by atoms with Crippen LogP contribution in [0.25, 0.3) is 93.8 Å². The Morgan fingerprint density at radius 2 is 0.900 bits per heavy atom. The van der Waals surface area contributed by atoms with Gasteiger partial charge in [0.2, 0.25) is 0 Å². The Morgan fingerprint density at radius 1 is 0.400 bits per heavy atom. The Balaban J connectivity index is 1.07. The second-order valence-corrected chi connectivity index (χ2v) is 19.7. The van der Waals surface area contributed by atoms with E-state index in [9.17, 15) is 0 Å². The molecule has 0 N–H and O–H groups in total. The van der Waals surface area contributed by atoms with Crippen LogP contribution in [0.5, 0.6) is 11.5 Å². The molecule has 9 aromatic carbocycles. The number of nitrogens with zero attached hydrogens (tertiary/aromatic N) is 4. The van der Waals surface area contributed by atoms with Gasteiger partial charge in [0.15, 0.2) is 0 Å². The summed E-state index contributed by atoms with van der Waals surface area (Å²) in [5.74, 6) is 2.28. The zero-order valence-electron chi connectivity index (χ0n) is 39.0. The number of pyridine rings is 1. The van der Waals surface area contributed by atoms with E-state index in [4.69, 9.17) is 9.72 Å². The van der Waals surface area contributed by atoms with Gasteiger partial charge < -0.3 is 0 Å². The number of benzene rings is 9. The fraction of sp³-hybridized carbons (Fsp3) is 0.0625. The Morgan fingerprint density at radius 3 is 1.51 bits per heavy atom. The van der Waals surface area contributed by atoms with Crippen molar-refractivity contribution in [3.8, 4) is 50.9 Å². The molecular weight excluding hydrogens is 1040 g/mol. The zero-order chi connectivity index (χ0) is 47.3. The third kappa shape index (κ3) is 7.64. The minimum atomic E-state index is -0.0908. The van der Waals surface area contributed by atoms with Crippen LogP contribution in [-0.4, -0.2) is 18.7 Å². The molecule has 0 amide bonds. The van der Waals surface area contributed by atoms with E-state index in [0.29, 0.717) is 5.75 Å². The molecule has 70 heavy (non-hydrogen) atoms. The average Bonchev–Trinajstić information content (AvgIpc) is 3.71. The molecule has 6 heteroatoms. The second-order valence-electron chi connectivity index (χ2n) is 18.7. The van der Waals surface area contributed by atoms with E-state index in [2.05, 4.69) is 278 Å². The first kappa shape index (κ1) is 43.2. The molecule has 0 aliphatic heterocycles. The van der Waals surface area contributed by atoms with E-state index >= 15 is 0 Å². The van der Waals surface area contributed by atoms with Crippen molar-refractivity contribution < 1.29 is 24.1 Å². The molecule has 12 rings (SSSR count). The van der Waals surface area contributed by atoms with E-state index in [0.717, 1.165) is 92.6 Å². The van der Waals surface area contributed by atoms with Gasteiger partial charge in [0, 0.05) is 6.20 Å². The molecule has 0 unspecified atom stereocenters. The van der Waals surface area contributed by atoms with Gasteiger partial charge in [-0.25, -0.2) is 0 Å². The molecule has 0 spiro atoms. The van der Waals surface area contributed by atoms with Gasteiger partial charge in [0.05, 0.1) is 0 Å². The Bertz CT molecular complexity index is 4050. The number of rotatable bonds is 7. The SMILES string of the molecule is CC(C)(C)c1ccnc(-n2c3ccccc3c3ccccc3c3ccccc3c3ccc(Oc4cccc(-n5[c](=[Pt])n(-c6c(-c7ccccc7)cccc6-c6ccccc6)c6ccccc65)c4)cc32)c1. The summed E-state index contributed by atoms with van der Waals surface area (Å²) in [5, 5.41) is 6.85. The summed E-state index contributed by atoms with van der Waals surface area (Å²) in [6.45, 7) is 6.76. The minimum absolute atomic E-state index is 0.0908. The van der Waals surface area contributed by atoms with Crippen molar-refractivity contribution in [1.29, 1.82) is 0 Å². The van der Waals surface area contributed by atoms with Gasteiger partial charge in [-0.15, -0.1) is 0 Å². The van der Waals surface area contributed by atoms with Gasteiger partial charge in [-0.1, -0.05) is 81.4 Å². The molecule has 0 saturated carbocycles. The maximum atomic E-state index is 7.04. The number of ether oxygens (including phenoxy) is 1. The molecule has 0 bridgehead atoms. The predicted octanol–water partition coefficient (Wildman–Crippen LogP) is 16.8. The summed E-state index contributed by atoms with van der Waals surface area (Å²) in [5.41, 5.74) is 12.1. The number of para-hydroxylation sites is 4. The van der Waals surface area contributed by atoms with E-state index in [-0.39, 0.29) is 5.41 Å². The van der Waals surface area contributed by atoms with Gasteiger partial charge in [-0.3, -0.25) is 0 Å². The Labute approximate surface area is 417 Å². The molecule has 0 fully saturated rings. The van der Waals surface area contributed by atoms with Crippen molar-refractivity contribution in [3.05, 3.63) is 246 Å². The normalized spacial score (nSPS) is 11.7. The number of aromatic nitrogens is 4. The summed E-state index contributed by atoms with van der Waals surface area (Å²) in [6.07, 6.45) is 1.94. The third-order valence-corrected chi connectivity index (χ3v) is 14.4. The molecule has 0 saturated heterocycles. The summed E-state index contributed by atoms with van der Waals surface area (Å²) < 4.78 is 15.2. The summed E-state index contributed by atoms with van der Waals surface area (Å²) in [6, 6.07) is 82.2. The molecule has 5 nitrogen and oxygen atoms in total. The van der Waals surface area contributed by atoms with E-state index in [1.165, 1.54) is 16.3 Å². The quantitative estimate of drug-likeness (QED) is 0.159. The topological polar surface area (TPSA) is 36.9 Å². The van der Waals surface area contributed by atoms with E-state index in [1.54, 1.807) is 0 Å². The van der Waals surface area contributed by atoms with Gasteiger partial charge in [-0.05, 0) is 27.8 Å². The second kappa shape index (κ2) is 17.8. The van der Waals surface area contributed by atoms with Crippen molar-refractivity contribution >= 4 is 54.4 Å². The fourth-order valence-electron chi connectivity index (χ4n) is 10.1. The molecule has 12 aromatic rings. The maximum absolute atomic E-state index is 7.04. The van der Waals surface area contributed by atoms with Crippen molar-refractivity contribution in [2.45, 2.75) is 26.2 Å². The van der Waals surface area contributed by atoms with Crippen LogP contribution in [0.15, 0.2) is 237 Å². The van der Waals surface area contributed by atoms with Gasteiger partial charge >= 0.3 is 305 Å². The van der Waals surface area contributed by atoms with E-state index < -0.39 is 0 Å². The molecule has 3 heterocycles. The van der Waals surface area contributed by atoms with Crippen LogP contribution < -0.4 is 4.74 Å². The molecule has 0 aliphatic rings. The van der Waals surface area contributed by atoms with Crippen molar-refractivity contribution in [2.75, 3.05) is 0 Å². The standard InChI is InChI=1S/C64H48N4O.Pt/c1-64(2,3)46-38-39-65-62(40-46)68-58-33-15-14-30-56(58)54-28-12-10-26-52(54)53-27-11-13-29-55(53)57-37-36-49(42-61(57)68)69-48-25-18-24-47(41-48)66-43-67(60-35-17-16-34-59(60)66)63-50(44-20-6-4-7-21-44)31-19-32-51(63)45-22-8-5-9-23-45;/h4-42H,1-3H3;. The van der Waals surface area contributed by atoms with E-state index in [1.807, 2.05) is 12.3 Å². The molecule has 0 radical (unpaired) electrons. The van der Waals surface area contributed by atoms with Crippen LogP contribution in [0.3, 0.4) is 0 Å². The zero-order valence-corrected chi connectivity index (χ0v) is 41.3. The van der Waals surface area contributed by atoms with Crippen molar-refractivity contribution in [1.82, 2.24) is 18.7 Å². The number of fused-ring (bicyclic) bond motifs is 8. The van der Waals surface area contributed by atoms with Crippen LogP contribution in [0.1, 0.15) is 26.3 Å². The summed E-state index contributed by atoms with van der Waals surface area (Å²) in [4.78, 5) is 5.13. The van der Waals surface area contributed by atoms with Crippen LogP contribution in [0.4, 0.5) is 0 Å². The molecule has 0 aliphatic carbocycles. The van der Waals surface area contributed by atoms with Crippen molar-refractivity contribution in [2.24, 2.45) is 0 Å². The first-order valence-corrected chi connectivity index (χ1v) is 24.8. The average molecular weight is 1080 g/mol. The fourth-order valence-corrected chi connectivity index (χ4v) is 11.1. The molecule has 3 aromatic heterocycles. The van der Waals surface area contributed by atoms with Crippen LogP contribution in [0, 0.1) is 3.80 Å². The first-order valence-electron chi connectivity index (χ1n) is 23.7.